The molecule has 7 nitrogen and oxygen atoms in total. The molecule has 0 unspecified atom stereocenters. The first-order valence-electron chi connectivity index (χ1n) is 9.29. The van der Waals surface area contributed by atoms with Gasteiger partial charge in [-0.1, -0.05) is 16.8 Å². The zero-order valence-electron chi connectivity index (χ0n) is 15.6. The second kappa shape index (κ2) is 6.31. The Morgan fingerprint density at radius 1 is 1.18 bits per heavy atom. The molecule has 0 radical (unpaired) electrons. The van der Waals surface area contributed by atoms with E-state index in [1.807, 2.05) is 22.9 Å². The molecule has 0 aromatic carbocycles. The number of fused-ring (bicyclic) bond motifs is 1. The van der Waals surface area contributed by atoms with Gasteiger partial charge in [-0.15, -0.1) is 0 Å². The number of halogens is 1. The molecule has 4 aromatic rings. The van der Waals surface area contributed by atoms with E-state index in [4.69, 9.17) is 27.0 Å². The molecule has 1 saturated carbocycles. The maximum Gasteiger partial charge on any atom is 0.149 e. The summed E-state index contributed by atoms with van der Waals surface area (Å²) < 4.78 is 7.72. The van der Waals surface area contributed by atoms with Crippen LogP contribution < -0.4 is 5.73 Å². The van der Waals surface area contributed by atoms with E-state index in [0.717, 1.165) is 40.8 Å². The number of hydrogen-bond acceptors (Lipinski definition) is 6. The fourth-order valence-electron chi connectivity index (χ4n) is 3.53. The zero-order valence-corrected chi connectivity index (χ0v) is 16.3. The van der Waals surface area contributed by atoms with Crippen LogP contribution in [0.1, 0.15) is 44.4 Å². The normalized spacial score (nSPS) is 14.3. The molecule has 1 aliphatic carbocycles. The first kappa shape index (κ1) is 17.2. The molecule has 142 valence electrons. The van der Waals surface area contributed by atoms with Gasteiger partial charge in [-0.2, -0.15) is 5.10 Å². The molecule has 0 saturated heterocycles. The number of aromatic nitrogens is 5. The largest absolute Gasteiger partial charge is 0.383 e. The third-order valence-electron chi connectivity index (χ3n) is 5.01. The molecule has 1 fully saturated rings. The number of nitrogen functional groups attached to an aromatic ring is 1. The molecule has 1 aliphatic rings. The number of nitrogens with zero attached hydrogens (tertiary/aromatic N) is 5. The topological polar surface area (TPSA) is 95.7 Å². The van der Waals surface area contributed by atoms with Crippen molar-refractivity contribution in [1.82, 2.24) is 24.9 Å². The van der Waals surface area contributed by atoms with Gasteiger partial charge in [-0.3, -0.25) is 9.67 Å². The highest BCUT2D eigenvalue weighted by Gasteiger charge is 2.35. The summed E-state index contributed by atoms with van der Waals surface area (Å²) in [6.07, 6.45) is 5.49. The van der Waals surface area contributed by atoms with E-state index in [1.165, 1.54) is 0 Å². The number of pyridine rings is 2. The smallest absolute Gasteiger partial charge is 0.149 e. The Balaban J connectivity index is 1.80. The molecule has 8 heteroatoms. The predicted molar refractivity (Wildman–Crippen MR) is 108 cm³/mol. The van der Waals surface area contributed by atoms with E-state index in [0.29, 0.717) is 28.1 Å². The van der Waals surface area contributed by atoms with Gasteiger partial charge in [0, 0.05) is 24.4 Å². The lowest BCUT2D eigenvalue weighted by Gasteiger charge is -2.06. The summed E-state index contributed by atoms with van der Waals surface area (Å²) in [5.41, 5.74) is 10.1. The van der Waals surface area contributed by atoms with Crippen LogP contribution in [-0.4, -0.2) is 24.9 Å². The molecule has 28 heavy (non-hydrogen) atoms. The molecule has 0 aliphatic heterocycles. The maximum atomic E-state index is 6.24. The van der Waals surface area contributed by atoms with E-state index < -0.39 is 0 Å². The Hall–Kier alpha value is -2.93. The highest BCUT2D eigenvalue weighted by atomic mass is 35.5. The lowest BCUT2D eigenvalue weighted by Crippen LogP contribution is -2.02. The minimum Gasteiger partial charge on any atom is -0.383 e. The fraction of sp³-hybridized carbons (Fsp3) is 0.300. The van der Waals surface area contributed by atoms with E-state index in [2.05, 4.69) is 29.0 Å². The van der Waals surface area contributed by atoms with Gasteiger partial charge >= 0.3 is 0 Å². The van der Waals surface area contributed by atoms with Crippen LogP contribution in [0.5, 0.6) is 0 Å². The van der Waals surface area contributed by atoms with Crippen LogP contribution >= 0.6 is 11.6 Å². The molecule has 0 atom stereocenters. The van der Waals surface area contributed by atoms with Crippen molar-refractivity contribution in [3.8, 4) is 22.6 Å². The summed E-state index contributed by atoms with van der Waals surface area (Å²) >= 11 is 6.04. The minimum absolute atomic E-state index is 0.157. The first-order valence-corrected chi connectivity index (χ1v) is 9.67. The third kappa shape index (κ3) is 2.65. The van der Waals surface area contributed by atoms with Crippen LogP contribution in [0.3, 0.4) is 0 Å². The monoisotopic (exact) mass is 394 g/mol. The van der Waals surface area contributed by atoms with Crippen molar-refractivity contribution >= 4 is 28.3 Å². The van der Waals surface area contributed by atoms with Crippen LogP contribution in [0, 0.1) is 0 Å². The number of nitrogens with two attached hydrogens (primary N) is 1. The van der Waals surface area contributed by atoms with Crippen molar-refractivity contribution in [3.63, 3.8) is 0 Å². The summed E-state index contributed by atoms with van der Waals surface area (Å²) in [7, 11) is 0. The Morgan fingerprint density at radius 3 is 2.68 bits per heavy atom. The molecule has 0 spiro atoms. The summed E-state index contributed by atoms with van der Waals surface area (Å²) in [6, 6.07) is 5.78. The van der Waals surface area contributed by atoms with Crippen molar-refractivity contribution in [2.75, 3.05) is 5.73 Å². The van der Waals surface area contributed by atoms with Crippen molar-refractivity contribution in [1.29, 1.82) is 0 Å². The first-order chi connectivity index (χ1) is 13.5. The number of anilines is 1. The van der Waals surface area contributed by atoms with Crippen LogP contribution in [0.25, 0.3) is 33.5 Å². The highest BCUT2D eigenvalue weighted by Crippen LogP contribution is 2.48. The average molecular weight is 395 g/mol. The lowest BCUT2D eigenvalue weighted by atomic mass is 10.0. The van der Waals surface area contributed by atoms with Gasteiger partial charge in [0.05, 0.1) is 27.2 Å². The van der Waals surface area contributed by atoms with Gasteiger partial charge in [0.1, 0.15) is 23.0 Å². The Morgan fingerprint density at radius 2 is 2.00 bits per heavy atom. The van der Waals surface area contributed by atoms with Crippen molar-refractivity contribution in [2.24, 2.45) is 0 Å². The van der Waals surface area contributed by atoms with Gasteiger partial charge in [-0.25, -0.2) is 4.98 Å². The van der Waals surface area contributed by atoms with Crippen molar-refractivity contribution < 1.29 is 4.52 Å². The van der Waals surface area contributed by atoms with E-state index in [1.54, 1.807) is 12.4 Å². The number of hydrogen-bond donors (Lipinski definition) is 1. The van der Waals surface area contributed by atoms with E-state index in [-0.39, 0.29) is 6.04 Å². The SMILES string of the molecule is CC(C)n1nc(-c2noc(C3CC3)c2-c2ccc(Cl)cn2)c2c(N)nccc21. The van der Waals surface area contributed by atoms with Crippen molar-refractivity contribution in [2.45, 2.75) is 38.6 Å². The minimum atomic E-state index is 0.157. The second-order valence-electron chi connectivity index (χ2n) is 7.38. The summed E-state index contributed by atoms with van der Waals surface area (Å²) in [5, 5.41) is 10.6. The molecular weight excluding hydrogens is 376 g/mol. The molecule has 5 rings (SSSR count). The third-order valence-corrected chi connectivity index (χ3v) is 5.24. The number of rotatable bonds is 4. The Kier molecular flexibility index (Phi) is 3.87. The van der Waals surface area contributed by atoms with Gasteiger partial charge in [0.25, 0.3) is 0 Å². The van der Waals surface area contributed by atoms with E-state index >= 15 is 0 Å². The highest BCUT2D eigenvalue weighted by molar-refractivity contribution is 6.30. The lowest BCUT2D eigenvalue weighted by molar-refractivity contribution is 0.386. The van der Waals surface area contributed by atoms with Crippen LogP contribution in [0.15, 0.2) is 35.1 Å². The molecule has 2 N–H and O–H groups in total. The molecule has 0 bridgehead atoms. The molecule has 4 aromatic heterocycles. The van der Waals surface area contributed by atoms with Gasteiger partial charge < -0.3 is 10.3 Å². The Labute approximate surface area is 166 Å². The van der Waals surface area contributed by atoms with Crippen LogP contribution in [0.2, 0.25) is 5.02 Å². The summed E-state index contributed by atoms with van der Waals surface area (Å²) in [6.45, 7) is 4.15. The summed E-state index contributed by atoms with van der Waals surface area (Å²) in [5.74, 6) is 1.63. The van der Waals surface area contributed by atoms with Gasteiger partial charge in [0.15, 0.2) is 0 Å². The van der Waals surface area contributed by atoms with Crippen LogP contribution in [-0.2, 0) is 0 Å². The van der Waals surface area contributed by atoms with Gasteiger partial charge in [-0.05, 0) is 44.9 Å². The maximum absolute atomic E-state index is 6.24. The average Bonchev–Trinajstić information content (AvgIpc) is 3.30. The standard InChI is InChI=1S/C20H19ClN6O/c1-10(2)27-14-7-8-23-20(22)16(14)17(25-27)18-15(13-6-5-12(21)9-24-13)19(28-26-18)11-3-4-11/h5-11H,3-4H2,1-2H3,(H2,22,23). The fourth-order valence-corrected chi connectivity index (χ4v) is 3.64. The molecule has 0 amide bonds. The summed E-state index contributed by atoms with van der Waals surface area (Å²) in [4.78, 5) is 8.78. The molecular formula is C20H19ClN6O. The van der Waals surface area contributed by atoms with Gasteiger partial charge in [0.2, 0.25) is 0 Å². The quantitative estimate of drug-likeness (QED) is 0.532. The molecule has 4 heterocycles. The predicted octanol–water partition coefficient (Wildman–Crippen LogP) is 4.84. The Bertz CT molecular complexity index is 1170. The van der Waals surface area contributed by atoms with E-state index in [9.17, 15) is 0 Å². The van der Waals surface area contributed by atoms with Crippen LogP contribution in [0.4, 0.5) is 5.82 Å². The second-order valence-corrected chi connectivity index (χ2v) is 7.82. The zero-order chi connectivity index (χ0) is 19.4. The van der Waals surface area contributed by atoms with Crippen molar-refractivity contribution in [3.05, 3.63) is 41.4 Å².